The molecule has 0 bridgehead atoms. The van der Waals surface area contributed by atoms with Gasteiger partial charge < -0.3 is 5.32 Å². The van der Waals surface area contributed by atoms with E-state index < -0.39 is 0 Å². The molecule has 1 aromatic heterocycles. The molecule has 2 heterocycles. The maximum absolute atomic E-state index is 12.8. The third kappa shape index (κ3) is 2.87. The van der Waals surface area contributed by atoms with Gasteiger partial charge in [-0.1, -0.05) is 30.3 Å². The summed E-state index contributed by atoms with van der Waals surface area (Å²) in [6, 6.07) is 7.70. The van der Waals surface area contributed by atoms with Gasteiger partial charge in [0.2, 0.25) is 5.91 Å². The van der Waals surface area contributed by atoms with Crippen LogP contribution in [0.4, 0.5) is 0 Å². The van der Waals surface area contributed by atoms with Gasteiger partial charge in [-0.15, -0.1) is 0 Å². The first kappa shape index (κ1) is 14.8. The van der Waals surface area contributed by atoms with Gasteiger partial charge in [0.05, 0.1) is 16.2 Å². The van der Waals surface area contributed by atoms with Crippen molar-refractivity contribution in [3.8, 4) is 0 Å². The summed E-state index contributed by atoms with van der Waals surface area (Å²) in [7, 11) is 0. The van der Waals surface area contributed by atoms with E-state index in [1.807, 2.05) is 28.8 Å². The minimum atomic E-state index is -0.157. The van der Waals surface area contributed by atoms with E-state index in [4.69, 9.17) is 4.98 Å². The SMILES string of the molecule is O=C1NCCCC[C@H]1Sc1nc2ccccc2c(=O)n1C1CC1. The van der Waals surface area contributed by atoms with Crippen LogP contribution < -0.4 is 10.9 Å². The van der Waals surface area contributed by atoms with Crippen LogP contribution in [0.3, 0.4) is 0 Å². The summed E-state index contributed by atoms with van der Waals surface area (Å²) < 4.78 is 1.81. The van der Waals surface area contributed by atoms with E-state index >= 15 is 0 Å². The number of benzene rings is 1. The summed E-state index contributed by atoms with van der Waals surface area (Å²) in [5.41, 5.74) is 0.737. The molecule has 1 N–H and O–H groups in total. The van der Waals surface area contributed by atoms with E-state index in [9.17, 15) is 9.59 Å². The Labute approximate surface area is 138 Å². The molecule has 5 nitrogen and oxygen atoms in total. The van der Waals surface area contributed by atoms with Gasteiger partial charge in [0, 0.05) is 12.6 Å². The fraction of sp³-hybridized carbons (Fsp3) is 0.471. The number of fused-ring (bicyclic) bond motifs is 1. The predicted octanol–water partition coefficient (Wildman–Crippen LogP) is 2.49. The number of carbonyl (C=O) groups is 1. The van der Waals surface area contributed by atoms with Gasteiger partial charge in [0.25, 0.3) is 5.56 Å². The van der Waals surface area contributed by atoms with Gasteiger partial charge in [-0.25, -0.2) is 4.98 Å². The Hall–Kier alpha value is -1.82. The molecule has 1 aliphatic heterocycles. The van der Waals surface area contributed by atoms with Crippen molar-refractivity contribution in [3.05, 3.63) is 34.6 Å². The van der Waals surface area contributed by atoms with Crippen LogP contribution >= 0.6 is 11.8 Å². The van der Waals surface area contributed by atoms with Crippen LogP contribution in [0.2, 0.25) is 0 Å². The lowest BCUT2D eigenvalue weighted by atomic mass is 10.2. The number of thioether (sulfide) groups is 1. The lowest BCUT2D eigenvalue weighted by molar-refractivity contribution is -0.120. The van der Waals surface area contributed by atoms with E-state index in [2.05, 4.69) is 5.32 Å². The summed E-state index contributed by atoms with van der Waals surface area (Å²) in [4.78, 5) is 29.8. The van der Waals surface area contributed by atoms with Crippen molar-refractivity contribution in [2.45, 2.75) is 48.6 Å². The standard InChI is InChI=1S/C17H19N3O2S/c21-15-14(7-3-4-10-18-15)23-17-19-13-6-2-1-5-12(13)16(22)20(17)11-8-9-11/h1-2,5-6,11,14H,3-4,7-10H2,(H,18,21)/t14-/m1/s1. The van der Waals surface area contributed by atoms with Crippen LogP contribution in [0.15, 0.2) is 34.2 Å². The first-order chi connectivity index (χ1) is 11.2. The zero-order valence-electron chi connectivity index (χ0n) is 12.8. The van der Waals surface area contributed by atoms with Crippen molar-refractivity contribution in [1.82, 2.24) is 14.9 Å². The molecule has 1 saturated heterocycles. The van der Waals surface area contributed by atoms with Crippen molar-refractivity contribution in [1.29, 1.82) is 0 Å². The van der Waals surface area contributed by atoms with Crippen molar-refractivity contribution >= 4 is 28.6 Å². The molecule has 0 unspecified atom stereocenters. The fourth-order valence-corrected chi connectivity index (χ4v) is 4.24. The number of aromatic nitrogens is 2. The Kier molecular flexibility index (Phi) is 3.85. The second-order valence-corrected chi connectivity index (χ2v) is 7.38. The molecule has 1 aliphatic carbocycles. The lowest BCUT2D eigenvalue weighted by Gasteiger charge is -2.16. The van der Waals surface area contributed by atoms with Crippen molar-refractivity contribution < 1.29 is 4.79 Å². The van der Waals surface area contributed by atoms with Crippen LogP contribution in [-0.4, -0.2) is 27.3 Å². The summed E-state index contributed by atoms with van der Waals surface area (Å²) in [6.45, 7) is 0.747. The normalized spacial score (nSPS) is 21.9. The van der Waals surface area contributed by atoms with Gasteiger partial charge in [-0.2, -0.15) is 0 Å². The number of carbonyl (C=O) groups excluding carboxylic acids is 1. The number of nitrogens with one attached hydrogen (secondary N) is 1. The van der Waals surface area contributed by atoms with Crippen molar-refractivity contribution in [3.63, 3.8) is 0 Å². The highest BCUT2D eigenvalue weighted by Gasteiger charge is 2.31. The first-order valence-electron chi connectivity index (χ1n) is 8.20. The number of hydrogen-bond donors (Lipinski definition) is 1. The number of rotatable bonds is 3. The minimum Gasteiger partial charge on any atom is -0.355 e. The highest BCUT2D eigenvalue weighted by Crippen LogP contribution is 2.38. The molecule has 4 rings (SSSR count). The van der Waals surface area contributed by atoms with Crippen LogP contribution in [0, 0.1) is 0 Å². The number of nitrogens with zero attached hydrogens (tertiary/aromatic N) is 2. The Morgan fingerprint density at radius 3 is 2.78 bits per heavy atom. The van der Waals surface area contributed by atoms with Crippen LogP contribution in [0.5, 0.6) is 0 Å². The van der Waals surface area contributed by atoms with Crippen LogP contribution in [0.1, 0.15) is 38.1 Å². The van der Waals surface area contributed by atoms with Crippen molar-refractivity contribution in [2.75, 3.05) is 6.54 Å². The monoisotopic (exact) mass is 329 g/mol. The van der Waals surface area contributed by atoms with Crippen molar-refractivity contribution in [2.24, 2.45) is 0 Å². The highest BCUT2D eigenvalue weighted by molar-refractivity contribution is 8.00. The molecule has 1 atom stereocenters. The maximum Gasteiger partial charge on any atom is 0.262 e. The number of hydrogen-bond acceptors (Lipinski definition) is 4. The molecule has 1 aromatic carbocycles. The molecule has 1 amide bonds. The van der Waals surface area contributed by atoms with E-state index in [1.165, 1.54) is 11.8 Å². The molecule has 2 aliphatic rings. The predicted molar refractivity (Wildman–Crippen MR) is 90.8 cm³/mol. The summed E-state index contributed by atoms with van der Waals surface area (Å²) >= 11 is 1.45. The molecule has 2 fully saturated rings. The average molecular weight is 329 g/mol. The molecule has 23 heavy (non-hydrogen) atoms. The fourth-order valence-electron chi connectivity index (χ4n) is 3.01. The number of para-hydroxylation sites is 1. The largest absolute Gasteiger partial charge is 0.355 e. The summed E-state index contributed by atoms with van der Waals surface area (Å²) in [6.07, 6.45) is 4.92. The zero-order chi connectivity index (χ0) is 15.8. The van der Waals surface area contributed by atoms with Gasteiger partial charge in [0.15, 0.2) is 5.16 Å². The summed E-state index contributed by atoms with van der Waals surface area (Å²) in [5, 5.41) is 4.15. The second-order valence-electron chi connectivity index (χ2n) is 6.21. The molecule has 0 radical (unpaired) electrons. The zero-order valence-corrected chi connectivity index (χ0v) is 13.6. The maximum atomic E-state index is 12.8. The molecular weight excluding hydrogens is 310 g/mol. The topological polar surface area (TPSA) is 64.0 Å². The Bertz CT molecular complexity index is 813. The molecule has 1 saturated carbocycles. The third-order valence-corrected chi connectivity index (χ3v) is 5.65. The smallest absolute Gasteiger partial charge is 0.262 e. The first-order valence-corrected chi connectivity index (χ1v) is 9.07. The van der Waals surface area contributed by atoms with E-state index in [0.29, 0.717) is 16.1 Å². The minimum absolute atomic E-state index is 0.0228. The van der Waals surface area contributed by atoms with E-state index in [-0.39, 0.29) is 22.8 Å². The van der Waals surface area contributed by atoms with Gasteiger partial charge in [-0.3, -0.25) is 14.2 Å². The van der Waals surface area contributed by atoms with Gasteiger partial charge >= 0.3 is 0 Å². The molecule has 6 heteroatoms. The summed E-state index contributed by atoms with van der Waals surface area (Å²) in [5.74, 6) is 0.0669. The van der Waals surface area contributed by atoms with Crippen LogP contribution in [-0.2, 0) is 4.79 Å². The van der Waals surface area contributed by atoms with Gasteiger partial charge in [-0.05, 0) is 37.8 Å². The quantitative estimate of drug-likeness (QED) is 0.879. The Balaban J connectivity index is 1.77. The number of amides is 1. The highest BCUT2D eigenvalue weighted by atomic mass is 32.2. The molecule has 120 valence electrons. The Morgan fingerprint density at radius 2 is 1.96 bits per heavy atom. The lowest BCUT2D eigenvalue weighted by Crippen LogP contribution is -2.32. The van der Waals surface area contributed by atoms with E-state index in [1.54, 1.807) is 0 Å². The molecular formula is C17H19N3O2S. The Morgan fingerprint density at radius 1 is 1.13 bits per heavy atom. The van der Waals surface area contributed by atoms with E-state index in [0.717, 1.165) is 38.6 Å². The molecule has 0 spiro atoms. The van der Waals surface area contributed by atoms with Gasteiger partial charge in [0.1, 0.15) is 0 Å². The third-order valence-electron chi connectivity index (χ3n) is 4.42. The van der Waals surface area contributed by atoms with Crippen LogP contribution in [0.25, 0.3) is 10.9 Å². The average Bonchev–Trinajstić information content (AvgIpc) is 3.38. The second kappa shape index (κ2) is 6.00. The molecule has 2 aromatic rings.